The number of fused-ring (bicyclic) bond motifs is 1. The molecule has 1 aliphatic heterocycles. The number of aryl methyl sites for hydroxylation is 1. The zero-order valence-electron chi connectivity index (χ0n) is 10.5. The highest BCUT2D eigenvalue weighted by Crippen LogP contribution is 2.21. The molecule has 0 saturated carbocycles. The molecule has 6 nitrogen and oxygen atoms in total. The van der Waals surface area contributed by atoms with Crippen LogP contribution in [0.5, 0.6) is 5.75 Å². The van der Waals surface area contributed by atoms with Crippen LogP contribution < -0.4 is 10.1 Å². The fraction of sp³-hybridized carbons (Fsp3) is 0.308. The number of hydrogen-bond donors (Lipinski definition) is 1. The monoisotopic (exact) mass is 259 g/mol. The zero-order valence-corrected chi connectivity index (χ0v) is 10.5. The van der Waals surface area contributed by atoms with Gasteiger partial charge in [-0.05, 0) is 30.2 Å². The number of carbonyl (C=O) groups excluding carboxylic acids is 1. The van der Waals surface area contributed by atoms with Crippen LogP contribution in [0, 0.1) is 6.92 Å². The number of ether oxygens (including phenoxy) is 1. The number of carbonyl (C=O) groups is 1. The van der Waals surface area contributed by atoms with E-state index < -0.39 is 0 Å². The molecule has 0 radical (unpaired) electrons. The fourth-order valence-corrected chi connectivity index (χ4v) is 2.04. The van der Waals surface area contributed by atoms with Gasteiger partial charge in [-0.2, -0.15) is 0 Å². The molecule has 0 unspecified atom stereocenters. The summed E-state index contributed by atoms with van der Waals surface area (Å²) in [5.41, 5.74) is 1.72. The van der Waals surface area contributed by atoms with Crippen molar-refractivity contribution in [3.05, 3.63) is 41.1 Å². The predicted octanol–water partition coefficient (Wildman–Crippen LogP) is 1.24. The van der Waals surface area contributed by atoms with E-state index in [-0.39, 0.29) is 12.5 Å². The summed E-state index contributed by atoms with van der Waals surface area (Å²) in [6.07, 6.45) is 0.817. The van der Waals surface area contributed by atoms with E-state index in [4.69, 9.17) is 9.15 Å². The lowest BCUT2D eigenvalue weighted by Crippen LogP contribution is -2.31. The Kier molecular flexibility index (Phi) is 2.91. The summed E-state index contributed by atoms with van der Waals surface area (Å²) < 4.78 is 10.8. The molecule has 6 heteroatoms. The summed E-state index contributed by atoms with van der Waals surface area (Å²) in [4.78, 5) is 11.6. The maximum Gasteiger partial charge on any atom is 0.253 e. The van der Waals surface area contributed by atoms with E-state index in [2.05, 4.69) is 15.5 Å². The van der Waals surface area contributed by atoms with Gasteiger partial charge in [-0.15, -0.1) is 10.2 Å². The molecular formula is C13H13N3O3. The van der Waals surface area contributed by atoms with Gasteiger partial charge in [0.25, 0.3) is 11.8 Å². The van der Waals surface area contributed by atoms with E-state index in [9.17, 15) is 4.79 Å². The SMILES string of the molecule is Cc1nnc(COc2ccc3c(c2)CCNC3=O)o1. The molecule has 0 saturated heterocycles. The summed E-state index contributed by atoms with van der Waals surface area (Å²) in [5.74, 6) is 1.62. The van der Waals surface area contributed by atoms with E-state index >= 15 is 0 Å². The van der Waals surface area contributed by atoms with E-state index in [1.165, 1.54) is 0 Å². The summed E-state index contributed by atoms with van der Waals surface area (Å²) in [5, 5.41) is 10.4. The molecule has 2 heterocycles. The Morgan fingerprint density at radius 3 is 3.11 bits per heavy atom. The lowest BCUT2D eigenvalue weighted by molar-refractivity contribution is 0.0946. The van der Waals surface area contributed by atoms with Crippen LogP contribution in [-0.2, 0) is 13.0 Å². The first-order valence-corrected chi connectivity index (χ1v) is 6.05. The third-order valence-corrected chi connectivity index (χ3v) is 2.93. The maximum atomic E-state index is 11.6. The third kappa shape index (κ3) is 2.42. The van der Waals surface area contributed by atoms with Crippen molar-refractivity contribution in [1.82, 2.24) is 15.5 Å². The minimum atomic E-state index is -0.0275. The number of rotatable bonds is 3. The molecular weight excluding hydrogens is 246 g/mol. The molecule has 0 bridgehead atoms. The van der Waals surface area contributed by atoms with Crippen LogP contribution in [0.2, 0.25) is 0 Å². The first-order valence-electron chi connectivity index (χ1n) is 6.05. The molecule has 1 aromatic carbocycles. The van der Waals surface area contributed by atoms with Crippen LogP contribution in [0.25, 0.3) is 0 Å². The highest BCUT2D eigenvalue weighted by Gasteiger charge is 2.16. The second-order valence-electron chi connectivity index (χ2n) is 4.33. The van der Waals surface area contributed by atoms with Gasteiger partial charge in [0, 0.05) is 19.0 Å². The molecule has 3 rings (SSSR count). The third-order valence-electron chi connectivity index (χ3n) is 2.93. The lowest BCUT2D eigenvalue weighted by atomic mass is 10.0. The topological polar surface area (TPSA) is 77.3 Å². The van der Waals surface area contributed by atoms with Crippen molar-refractivity contribution in [3.8, 4) is 5.75 Å². The molecule has 98 valence electrons. The Hall–Kier alpha value is -2.37. The molecule has 0 aliphatic carbocycles. The summed E-state index contributed by atoms with van der Waals surface area (Å²) in [7, 11) is 0. The molecule has 1 aliphatic rings. The maximum absolute atomic E-state index is 11.6. The number of nitrogens with one attached hydrogen (secondary N) is 1. The smallest absolute Gasteiger partial charge is 0.253 e. The lowest BCUT2D eigenvalue weighted by Gasteiger charge is -2.17. The van der Waals surface area contributed by atoms with Crippen molar-refractivity contribution in [2.45, 2.75) is 20.0 Å². The Morgan fingerprint density at radius 1 is 1.42 bits per heavy atom. The van der Waals surface area contributed by atoms with Gasteiger partial charge in [-0.3, -0.25) is 4.79 Å². The van der Waals surface area contributed by atoms with Crippen molar-refractivity contribution in [1.29, 1.82) is 0 Å². The van der Waals surface area contributed by atoms with Crippen LogP contribution >= 0.6 is 0 Å². The Labute approximate surface area is 109 Å². The van der Waals surface area contributed by atoms with Crippen LogP contribution in [0.1, 0.15) is 27.7 Å². The van der Waals surface area contributed by atoms with Gasteiger partial charge in [-0.1, -0.05) is 0 Å². The van der Waals surface area contributed by atoms with Gasteiger partial charge in [0.2, 0.25) is 5.89 Å². The number of hydrogen-bond acceptors (Lipinski definition) is 5. The van der Waals surface area contributed by atoms with Gasteiger partial charge in [0.15, 0.2) is 6.61 Å². The zero-order chi connectivity index (χ0) is 13.2. The van der Waals surface area contributed by atoms with Gasteiger partial charge in [-0.25, -0.2) is 0 Å². The highest BCUT2D eigenvalue weighted by molar-refractivity contribution is 5.96. The van der Waals surface area contributed by atoms with Crippen LogP contribution in [0.15, 0.2) is 22.6 Å². The first kappa shape index (κ1) is 11.7. The Morgan fingerprint density at radius 2 is 2.32 bits per heavy atom. The van der Waals surface area contributed by atoms with E-state index in [1.54, 1.807) is 19.1 Å². The van der Waals surface area contributed by atoms with E-state index in [0.717, 1.165) is 12.0 Å². The summed E-state index contributed by atoms with van der Waals surface area (Å²) in [6.45, 7) is 2.62. The largest absolute Gasteiger partial charge is 0.484 e. The molecule has 1 amide bonds. The molecule has 19 heavy (non-hydrogen) atoms. The second-order valence-corrected chi connectivity index (χ2v) is 4.33. The van der Waals surface area contributed by atoms with Gasteiger partial charge in [0.05, 0.1) is 0 Å². The molecule has 2 aromatic rings. The number of nitrogens with zero attached hydrogens (tertiary/aromatic N) is 2. The molecule has 1 N–H and O–H groups in total. The van der Waals surface area contributed by atoms with Gasteiger partial charge >= 0.3 is 0 Å². The summed E-state index contributed by atoms with van der Waals surface area (Å²) >= 11 is 0. The number of benzene rings is 1. The average molecular weight is 259 g/mol. The van der Waals surface area contributed by atoms with Crippen LogP contribution in [-0.4, -0.2) is 22.6 Å². The van der Waals surface area contributed by atoms with Crippen molar-refractivity contribution in [3.63, 3.8) is 0 Å². The normalized spacial score (nSPS) is 13.8. The Bertz CT molecular complexity index is 621. The van der Waals surface area contributed by atoms with Crippen molar-refractivity contribution < 1.29 is 13.9 Å². The molecule has 1 aromatic heterocycles. The Balaban J connectivity index is 1.73. The fourth-order valence-electron chi connectivity index (χ4n) is 2.04. The van der Waals surface area contributed by atoms with E-state index in [1.807, 2.05) is 6.07 Å². The summed E-state index contributed by atoms with van der Waals surface area (Å²) in [6, 6.07) is 5.43. The van der Waals surface area contributed by atoms with Crippen molar-refractivity contribution >= 4 is 5.91 Å². The van der Waals surface area contributed by atoms with Gasteiger partial charge < -0.3 is 14.5 Å². The van der Waals surface area contributed by atoms with Gasteiger partial charge in [0.1, 0.15) is 5.75 Å². The number of aromatic nitrogens is 2. The minimum absolute atomic E-state index is 0.0275. The molecule has 0 atom stereocenters. The van der Waals surface area contributed by atoms with E-state index in [0.29, 0.717) is 29.6 Å². The van der Waals surface area contributed by atoms with Crippen molar-refractivity contribution in [2.24, 2.45) is 0 Å². The van der Waals surface area contributed by atoms with Crippen LogP contribution in [0.3, 0.4) is 0 Å². The minimum Gasteiger partial charge on any atom is -0.484 e. The van der Waals surface area contributed by atoms with Crippen molar-refractivity contribution in [2.75, 3.05) is 6.54 Å². The quantitative estimate of drug-likeness (QED) is 0.897. The van der Waals surface area contributed by atoms with Crippen LogP contribution in [0.4, 0.5) is 0 Å². The second kappa shape index (κ2) is 4.72. The number of amides is 1. The standard InChI is InChI=1S/C13H13N3O3/c1-8-15-16-12(19-8)7-18-10-2-3-11-9(6-10)4-5-14-13(11)17/h2-3,6H,4-5,7H2,1H3,(H,14,17). The molecule has 0 fully saturated rings. The first-order chi connectivity index (χ1) is 9.22. The average Bonchev–Trinajstić information content (AvgIpc) is 2.82. The highest BCUT2D eigenvalue weighted by atomic mass is 16.5. The predicted molar refractivity (Wildman–Crippen MR) is 65.8 cm³/mol. The molecule has 0 spiro atoms.